The quantitative estimate of drug-likeness (QED) is 0.184. The highest BCUT2D eigenvalue weighted by Crippen LogP contribution is 2.63. The van der Waals surface area contributed by atoms with Crippen molar-refractivity contribution in [2.45, 2.75) is 25.2 Å². The molecule has 0 amide bonds. The van der Waals surface area contributed by atoms with Gasteiger partial charge in [0.05, 0.1) is 18.1 Å². The number of nitro groups is 1. The highest BCUT2D eigenvalue weighted by molar-refractivity contribution is 7.87. The molecule has 0 bridgehead atoms. The van der Waals surface area contributed by atoms with Gasteiger partial charge in [-0.1, -0.05) is 19.1 Å². The number of hydrogen-bond acceptors (Lipinski definition) is 10. The molecule has 160 valence electrons. The molecule has 0 aromatic heterocycles. The van der Waals surface area contributed by atoms with Crippen LogP contribution in [0.2, 0.25) is 0 Å². The minimum atomic E-state index is -4.63. The van der Waals surface area contributed by atoms with E-state index in [1.165, 1.54) is 19.1 Å². The number of nitrogens with zero attached hydrogens (tertiary/aromatic N) is 1. The van der Waals surface area contributed by atoms with Crippen LogP contribution in [0.25, 0.3) is 0 Å². The minimum absolute atomic E-state index is 0.0760. The highest BCUT2D eigenvalue weighted by atomic mass is 32.2. The first-order chi connectivity index (χ1) is 13.0. The second-order valence-corrected chi connectivity index (χ2v) is 12.1. The van der Waals surface area contributed by atoms with Gasteiger partial charge in [0.15, 0.2) is 4.90 Å². The van der Waals surface area contributed by atoms with Crippen LogP contribution in [0.4, 0.5) is 5.69 Å². The van der Waals surface area contributed by atoms with Crippen LogP contribution in [0.15, 0.2) is 29.2 Å². The standard InChI is InChI=1S/C14H23NO10P2S/c1-4-10-24-27(19,22-3)12-26(18,23-5-2)11-25-28(20,21)14-9-7-6-8-13(14)15(16)17/h6-9H,4-5,10-12H2,1-3H3. The molecule has 1 rings (SSSR count). The molecule has 0 fully saturated rings. The van der Waals surface area contributed by atoms with Gasteiger partial charge in [-0.25, -0.2) is 0 Å². The molecule has 0 saturated carbocycles. The van der Waals surface area contributed by atoms with Crippen LogP contribution in [0.5, 0.6) is 0 Å². The van der Waals surface area contributed by atoms with Crippen LogP contribution in [0.1, 0.15) is 20.3 Å². The molecular weight excluding hydrogens is 436 g/mol. The molecule has 0 aliphatic heterocycles. The predicted octanol–water partition coefficient (Wildman–Crippen LogP) is 3.80. The highest BCUT2D eigenvalue weighted by Gasteiger charge is 2.39. The van der Waals surface area contributed by atoms with Gasteiger partial charge in [0.25, 0.3) is 5.69 Å². The van der Waals surface area contributed by atoms with Gasteiger partial charge in [0.1, 0.15) is 12.3 Å². The van der Waals surface area contributed by atoms with Gasteiger partial charge in [0.2, 0.25) is 7.37 Å². The molecule has 0 heterocycles. The number of para-hydroxylation sites is 1. The monoisotopic (exact) mass is 459 g/mol. The van der Waals surface area contributed by atoms with Crippen LogP contribution in [-0.2, 0) is 37.0 Å². The topological polar surface area (TPSA) is 148 Å². The molecule has 0 N–H and O–H groups in total. The zero-order valence-corrected chi connectivity index (χ0v) is 18.3. The van der Waals surface area contributed by atoms with Crippen molar-refractivity contribution in [2.75, 3.05) is 32.6 Å². The normalized spacial score (nSPS) is 16.2. The number of hydrogen-bond donors (Lipinski definition) is 0. The van der Waals surface area contributed by atoms with E-state index in [4.69, 9.17) is 17.8 Å². The zero-order chi connectivity index (χ0) is 21.4. The van der Waals surface area contributed by atoms with E-state index in [2.05, 4.69) is 0 Å². The summed E-state index contributed by atoms with van der Waals surface area (Å²) in [6.45, 7) is 3.27. The van der Waals surface area contributed by atoms with Gasteiger partial charge in [-0.15, -0.1) is 0 Å². The Kier molecular flexibility index (Phi) is 9.42. The Balaban J connectivity index is 3.08. The second-order valence-electron chi connectivity index (χ2n) is 5.43. The van der Waals surface area contributed by atoms with E-state index in [9.17, 15) is 27.7 Å². The largest absolute Gasteiger partial charge is 0.340 e. The van der Waals surface area contributed by atoms with Gasteiger partial charge in [-0.2, -0.15) is 8.42 Å². The molecule has 0 spiro atoms. The number of benzene rings is 1. The van der Waals surface area contributed by atoms with E-state index in [0.717, 1.165) is 19.2 Å². The Morgan fingerprint density at radius 1 is 1.14 bits per heavy atom. The lowest BCUT2D eigenvalue weighted by Crippen LogP contribution is -2.13. The summed E-state index contributed by atoms with van der Waals surface area (Å²) < 4.78 is 70.2. The molecule has 0 aliphatic rings. The lowest BCUT2D eigenvalue weighted by Gasteiger charge is -2.22. The van der Waals surface area contributed by atoms with E-state index >= 15 is 0 Å². The van der Waals surface area contributed by atoms with Gasteiger partial charge in [0, 0.05) is 13.2 Å². The Labute approximate surface area is 163 Å². The molecule has 28 heavy (non-hydrogen) atoms. The van der Waals surface area contributed by atoms with E-state index < -0.39 is 52.8 Å². The van der Waals surface area contributed by atoms with Crippen LogP contribution in [0.3, 0.4) is 0 Å². The summed E-state index contributed by atoms with van der Waals surface area (Å²) >= 11 is 0. The van der Waals surface area contributed by atoms with E-state index in [0.29, 0.717) is 6.42 Å². The van der Waals surface area contributed by atoms with Gasteiger partial charge in [-0.05, 0) is 19.4 Å². The third-order valence-electron chi connectivity index (χ3n) is 3.26. The fourth-order valence-electron chi connectivity index (χ4n) is 2.03. The van der Waals surface area contributed by atoms with Gasteiger partial charge < -0.3 is 13.6 Å². The van der Waals surface area contributed by atoms with Crippen molar-refractivity contribution in [1.29, 1.82) is 0 Å². The third kappa shape index (κ3) is 7.04. The molecule has 1 aromatic carbocycles. The maximum absolute atomic E-state index is 13.0. The average molecular weight is 459 g/mol. The summed E-state index contributed by atoms with van der Waals surface area (Å²) in [5.41, 5.74) is -0.692. The molecule has 0 aliphatic carbocycles. The molecule has 2 unspecified atom stereocenters. The predicted molar refractivity (Wildman–Crippen MR) is 101 cm³/mol. The van der Waals surface area contributed by atoms with E-state index in [1.54, 1.807) is 6.92 Å². The molecule has 0 radical (unpaired) electrons. The smallest absolute Gasteiger partial charge is 0.327 e. The third-order valence-corrected chi connectivity index (χ3v) is 10.2. The lowest BCUT2D eigenvalue weighted by atomic mass is 10.3. The maximum Gasteiger partial charge on any atom is 0.340 e. The van der Waals surface area contributed by atoms with Crippen LogP contribution >= 0.6 is 15.0 Å². The number of nitro benzene ring substituents is 1. The van der Waals surface area contributed by atoms with Gasteiger partial charge >= 0.3 is 17.7 Å². The summed E-state index contributed by atoms with van der Waals surface area (Å²) in [5, 5.41) is 11.0. The van der Waals surface area contributed by atoms with Crippen LogP contribution in [0, 0.1) is 10.1 Å². The molecule has 11 nitrogen and oxygen atoms in total. The summed E-state index contributed by atoms with van der Waals surface area (Å²) in [5.74, 6) is -0.698. The molecule has 14 heteroatoms. The SMILES string of the molecule is CCCOP(=O)(CP(=O)(COS(=O)(=O)c1ccccc1[N+](=O)[O-])OCC)OC. The first-order valence-electron chi connectivity index (χ1n) is 8.17. The molecule has 2 atom stereocenters. The van der Waals surface area contributed by atoms with E-state index in [1.807, 2.05) is 0 Å². The maximum atomic E-state index is 13.0. The van der Waals surface area contributed by atoms with Crippen LogP contribution in [-0.4, -0.2) is 45.9 Å². The molecular formula is C14H23NO10P2S. The molecule has 1 aromatic rings. The fourth-order valence-corrected chi connectivity index (χ4v) is 8.66. The second kappa shape index (κ2) is 10.6. The Hall–Kier alpha value is -1.13. The summed E-state index contributed by atoms with van der Waals surface area (Å²) in [6.07, 6.45) is -0.451. The fraction of sp³-hybridized carbons (Fsp3) is 0.571. The van der Waals surface area contributed by atoms with E-state index in [-0.39, 0.29) is 13.2 Å². The first kappa shape index (κ1) is 24.9. The van der Waals surface area contributed by atoms with Crippen molar-refractivity contribution < 1.29 is 40.2 Å². The molecule has 0 saturated heterocycles. The zero-order valence-electron chi connectivity index (χ0n) is 15.7. The lowest BCUT2D eigenvalue weighted by molar-refractivity contribution is -0.387. The van der Waals surface area contributed by atoms with Crippen molar-refractivity contribution in [3.63, 3.8) is 0 Å². The Morgan fingerprint density at radius 3 is 2.32 bits per heavy atom. The van der Waals surface area contributed by atoms with Crippen molar-refractivity contribution in [3.05, 3.63) is 34.4 Å². The average Bonchev–Trinajstić information content (AvgIpc) is 2.65. The van der Waals surface area contributed by atoms with Crippen molar-refractivity contribution in [1.82, 2.24) is 0 Å². The first-order valence-corrected chi connectivity index (χ1v) is 13.3. The van der Waals surface area contributed by atoms with Crippen molar-refractivity contribution in [2.24, 2.45) is 0 Å². The van der Waals surface area contributed by atoms with Gasteiger partial charge in [-0.3, -0.25) is 23.4 Å². The van der Waals surface area contributed by atoms with Crippen LogP contribution < -0.4 is 0 Å². The van der Waals surface area contributed by atoms with Crippen molar-refractivity contribution in [3.8, 4) is 0 Å². The Morgan fingerprint density at radius 2 is 1.79 bits per heavy atom. The van der Waals surface area contributed by atoms with Crippen molar-refractivity contribution >= 4 is 30.8 Å². The summed E-state index contributed by atoms with van der Waals surface area (Å²) in [4.78, 5) is 9.46. The number of rotatable bonds is 13. The Bertz CT molecular complexity index is 873. The summed E-state index contributed by atoms with van der Waals surface area (Å²) in [6, 6.07) is 4.56. The minimum Gasteiger partial charge on any atom is -0.327 e. The summed E-state index contributed by atoms with van der Waals surface area (Å²) in [7, 11) is -11.3.